The van der Waals surface area contributed by atoms with Gasteiger partial charge in [-0.2, -0.15) is 0 Å². The van der Waals surface area contributed by atoms with Crippen molar-refractivity contribution in [1.29, 1.82) is 0 Å². The molecule has 1 aromatic carbocycles. The fraction of sp³-hybridized carbons (Fsp3) is 0.429. The van der Waals surface area contributed by atoms with Gasteiger partial charge in [0.1, 0.15) is 0 Å². The fourth-order valence-corrected chi connectivity index (χ4v) is 4.13. The third-order valence-corrected chi connectivity index (χ3v) is 5.72. The van der Waals surface area contributed by atoms with Gasteiger partial charge in [0.25, 0.3) is 0 Å². The number of carbonyl (C=O) groups is 1. The van der Waals surface area contributed by atoms with E-state index in [-0.39, 0.29) is 5.91 Å². The number of anilines is 1. The quantitative estimate of drug-likeness (QED) is 0.665. The number of piperidine rings is 1. The molecule has 3 rings (SSSR count). The maximum absolute atomic E-state index is 12.3. The van der Waals surface area contributed by atoms with Crippen molar-refractivity contribution in [2.24, 2.45) is 5.92 Å². The van der Waals surface area contributed by atoms with Crippen LogP contribution in [0, 0.1) is 5.92 Å². The molecule has 0 spiro atoms. The molecule has 1 aliphatic heterocycles. The second-order valence-corrected chi connectivity index (χ2v) is 7.68. The first-order valence-electron chi connectivity index (χ1n) is 9.55. The van der Waals surface area contributed by atoms with Gasteiger partial charge in [-0.3, -0.25) is 4.79 Å². The maximum atomic E-state index is 12.3. The SMILES string of the molecule is COc1cc(/C=C/C(=O)NCC2CCCN(c3nccs3)C2)cc(OC)c1OC. The third kappa shape index (κ3) is 5.41. The highest BCUT2D eigenvalue weighted by Crippen LogP contribution is 2.38. The van der Waals surface area contributed by atoms with Crippen LogP contribution in [-0.2, 0) is 4.79 Å². The number of methoxy groups -OCH3 is 3. The average Bonchev–Trinajstić information content (AvgIpc) is 3.30. The van der Waals surface area contributed by atoms with Crippen molar-refractivity contribution in [3.05, 3.63) is 35.3 Å². The highest BCUT2D eigenvalue weighted by molar-refractivity contribution is 7.13. The van der Waals surface area contributed by atoms with E-state index in [9.17, 15) is 4.79 Å². The molecule has 1 saturated heterocycles. The van der Waals surface area contributed by atoms with Gasteiger partial charge in [0.15, 0.2) is 16.6 Å². The Morgan fingerprint density at radius 3 is 2.66 bits per heavy atom. The third-order valence-electron chi connectivity index (χ3n) is 4.89. The average molecular weight is 418 g/mol. The Kier molecular flexibility index (Phi) is 7.35. The van der Waals surface area contributed by atoms with Crippen LogP contribution in [-0.4, -0.2) is 51.9 Å². The second kappa shape index (κ2) is 10.2. The summed E-state index contributed by atoms with van der Waals surface area (Å²) in [5.74, 6) is 1.93. The molecule has 1 N–H and O–H groups in total. The van der Waals surface area contributed by atoms with Crippen LogP contribution in [0.2, 0.25) is 0 Å². The van der Waals surface area contributed by atoms with Gasteiger partial charge < -0.3 is 24.4 Å². The van der Waals surface area contributed by atoms with Crippen molar-refractivity contribution in [3.8, 4) is 17.2 Å². The summed E-state index contributed by atoms with van der Waals surface area (Å²) >= 11 is 1.66. The van der Waals surface area contributed by atoms with Crippen molar-refractivity contribution in [2.45, 2.75) is 12.8 Å². The van der Waals surface area contributed by atoms with E-state index in [0.717, 1.165) is 36.6 Å². The standard InChI is InChI=1S/C21H27N3O4S/c1-26-17-11-15(12-18(27-2)20(17)28-3)6-7-19(25)23-13-16-5-4-9-24(14-16)21-22-8-10-29-21/h6-8,10-12,16H,4-5,9,13-14H2,1-3H3,(H,23,25)/b7-6+. The van der Waals surface area contributed by atoms with Crippen molar-refractivity contribution in [1.82, 2.24) is 10.3 Å². The second-order valence-electron chi connectivity index (χ2n) is 6.81. The fourth-order valence-electron chi connectivity index (χ4n) is 3.45. The molecule has 0 saturated carbocycles. The largest absolute Gasteiger partial charge is 0.493 e. The van der Waals surface area contributed by atoms with E-state index in [4.69, 9.17) is 14.2 Å². The molecule has 8 heteroatoms. The van der Waals surface area contributed by atoms with Crippen LogP contribution in [0.25, 0.3) is 6.08 Å². The summed E-state index contributed by atoms with van der Waals surface area (Å²) in [5, 5.41) is 6.06. The van der Waals surface area contributed by atoms with Gasteiger partial charge in [-0.05, 0) is 42.5 Å². The summed E-state index contributed by atoms with van der Waals surface area (Å²) in [6, 6.07) is 3.61. The topological polar surface area (TPSA) is 72.9 Å². The normalized spacial score (nSPS) is 16.7. The number of ether oxygens (including phenoxy) is 3. The van der Waals surface area contributed by atoms with E-state index in [1.54, 1.807) is 50.9 Å². The van der Waals surface area contributed by atoms with Crippen molar-refractivity contribution < 1.29 is 19.0 Å². The Labute approximate surface area is 175 Å². The van der Waals surface area contributed by atoms with E-state index in [1.165, 1.54) is 6.08 Å². The molecule has 0 bridgehead atoms. The molecule has 29 heavy (non-hydrogen) atoms. The summed E-state index contributed by atoms with van der Waals surface area (Å²) in [6.07, 6.45) is 7.32. The number of nitrogens with one attached hydrogen (secondary N) is 1. The van der Waals surface area contributed by atoms with Crippen LogP contribution in [0.4, 0.5) is 5.13 Å². The summed E-state index contributed by atoms with van der Waals surface area (Å²) in [5.41, 5.74) is 0.794. The molecule has 7 nitrogen and oxygen atoms in total. The minimum Gasteiger partial charge on any atom is -0.493 e. The molecule has 2 aromatic rings. The number of hydrogen-bond acceptors (Lipinski definition) is 7. The Morgan fingerprint density at radius 2 is 2.03 bits per heavy atom. The van der Waals surface area contributed by atoms with E-state index in [0.29, 0.717) is 29.7 Å². The van der Waals surface area contributed by atoms with Gasteiger partial charge in [-0.15, -0.1) is 11.3 Å². The predicted octanol–water partition coefficient (Wildman–Crippen LogP) is 3.21. The van der Waals surface area contributed by atoms with Crippen molar-refractivity contribution in [3.63, 3.8) is 0 Å². The highest BCUT2D eigenvalue weighted by Gasteiger charge is 2.21. The first-order valence-corrected chi connectivity index (χ1v) is 10.4. The van der Waals surface area contributed by atoms with Crippen molar-refractivity contribution in [2.75, 3.05) is 45.9 Å². The molecular weight excluding hydrogens is 390 g/mol. The van der Waals surface area contributed by atoms with Crippen LogP contribution in [0.5, 0.6) is 17.2 Å². The van der Waals surface area contributed by atoms with Gasteiger partial charge in [0.2, 0.25) is 11.7 Å². The first-order chi connectivity index (χ1) is 14.1. The van der Waals surface area contributed by atoms with Gasteiger partial charge in [-0.25, -0.2) is 4.98 Å². The Hall–Kier alpha value is -2.74. The lowest BCUT2D eigenvalue weighted by atomic mass is 9.98. The van der Waals surface area contributed by atoms with E-state index >= 15 is 0 Å². The van der Waals surface area contributed by atoms with Crippen LogP contribution >= 0.6 is 11.3 Å². The van der Waals surface area contributed by atoms with Gasteiger partial charge in [0, 0.05) is 37.3 Å². The maximum Gasteiger partial charge on any atom is 0.244 e. The minimum absolute atomic E-state index is 0.120. The molecule has 1 fully saturated rings. The zero-order valence-corrected chi connectivity index (χ0v) is 17.8. The lowest BCUT2D eigenvalue weighted by Crippen LogP contribution is -2.40. The molecule has 1 aromatic heterocycles. The zero-order valence-electron chi connectivity index (χ0n) is 17.0. The van der Waals surface area contributed by atoms with E-state index in [2.05, 4.69) is 15.2 Å². The van der Waals surface area contributed by atoms with Gasteiger partial charge in [-0.1, -0.05) is 0 Å². The summed E-state index contributed by atoms with van der Waals surface area (Å²) in [7, 11) is 4.69. The summed E-state index contributed by atoms with van der Waals surface area (Å²) < 4.78 is 16.0. The number of amides is 1. The number of carbonyl (C=O) groups excluding carboxylic acids is 1. The van der Waals surface area contributed by atoms with Crippen LogP contribution in [0.3, 0.4) is 0 Å². The molecular formula is C21H27N3O4S. The monoisotopic (exact) mass is 417 g/mol. The smallest absolute Gasteiger partial charge is 0.244 e. The number of hydrogen-bond donors (Lipinski definition) is 1. The number of rotatable bonds is 8. The first kappa shape index (κ1) is 21.0. The van der Waals surface area contributed by atoms with Crippen LogP contribution in [0.1, 0.15) is 18.4 Å². The van der Waals surface area contributed by atoms with Gasteiger partial charge in [0.05, 0.1) is 21.3 Å². The summed E-state index contributed by atoms with van der Waals surface area (Å²) in [6.45, 7) is 2.60. The van der Waals surface area contributed by atoms with E-state index in [1.807, 2.05) is 11.6 Å². The molecule has 0 radical (unpaired) electrons. The molecule has 0 aliphatic carbocycles. The molecule has 1 aliphatic rings. The summed E-state index contributed by atoms with van der Waals surface area (Å²) in [4.78, 5) is 19.0. The molecule has 1 unspecified atom stereocenters. The number of aromatic nitrogens is 1. The Balaban J connectivity index is 1.56. The lowest BCUT2D eigenvalue weighted by Gasteiger charge is -2.32. The van der Waals surface area contributed by atoms with E-state index < -0.39 is 0 Å². The number of thiazole rings is 1. The van der Waals surface area contributed by atoms with Crippen molar-refractivity contribution >= 4 is 28.5 Å². The number of benzene rings is 1. The van der Waals surface area contributed by atoms with Crippen LogP contribution < -0.4 is 24.4 Å². The Morgan fingerprint density at radius 1 is 1.28 bits per heavy atom. The molecule has 1 atom stereocenters. The highest BCUT2D eigenvalue weighted by atomic mass is 32.1. The zero-order chi connectivity index (χ0) is 20.6. The minimum atomic E-state index is -0.120. The Bertz CT molecular complexity index is 813. The lowest BCUT2D eigenvalue weighted by molar-refractivity contribution is -0.116. The predicted molar refractivity (Wildman–Crippen MR) is 115 cm³/mol. The molecule has 1 amide bonds. The molecule has 2 heterocycles. The number of nitrogens with zero attached hydrogens (tertiary/aromatic N) is 2. The van der Waals surface area contributed by atoms with Crippen LogP contribution in [0.15, 0.2) is 29.8 Å². The van der Waals surface area contributed by atoms with Gasteiger partial charge >= 0.3 is 0 Å². The molecule has 156 valence electrons.